The van der Waals surface area contributed by atoms with Crippen LogP contribution >= 0.6 is 11.6 Å². The minimum atomic E-state index is -1.12. The van der Waals surface area contributed by atoms with Gasteiger partial charge < -0.3 is 5.11 Å². The molecule has 0 radical (unpaired) electrons. The van der Waals surface area contributed by atoms with E-state index in [1.54, 1.807) is 0 Å². The number of rotatable bonds is 3. The van der Waals surface area contributed by atoms with Crippen LogP contribution in [0.4, 0.5) is 4.39 Å². The Bertz CT molecular complexity index is 498. The van der Waals surface area contributed by atoms with Crippen LogP contribution < -0.4 is 0 Å². The molecule has 0 saturated carbocycles. The molecule has 0 fully saturated rings. The zero-order valence-corrected chi connectivity index (χ0v) is 9.67. The molecule has 0 aliphatic carbocycles. The van der Waals surface area contributed by atoms with Crippen molar-refractivity contribution in [2.45, 2.75) is 6.42 Å². The van der Waals surface area contributed by atoms with Gasteiger partial charge in [0.2, 0.25) is 0 Å². The van der Waals surface area contributed by atoms with Gasteiger partial charge in [-0.05, 0) is 24.3 Å². The first-order chi connectivity index (χ1) is 8.13. The highest BCUT2D eigenvalue weighted by molar-refractivity contribution is 6.18. The fourth-order valence-electron chi connectivity index (χ4n) is 1.12. The number of hydrogen-bond donors (Lipinski definition) is 1. The second kappa shape index (κ2) is 6.72. The van der Waals surface area contributed by atoms with Crippen molar-refractivity contribution in [3.8, 4) is 11.8 Å². The van der Waals surface area contributed by atoms with E-state index < -0.39 is 11.8 Å². The summed E-state index contributed by atoms with van der Waals surface area (Å²) in [4.78, 5) is 10.3. The Morgan fingerprint density at radius 3 is 2.94 bits per heavy atom. The first-order valence-electron chi connectivity index (χ1n) is 4.89. The van der Waals surface area contributed by atoms with Crippen LogP contribution in [0.1, 0.15) is 17.5 Å². The van der Waals surface area contributed by atoms with Gasteiger partial charge in [-0.1, -0.05) is 11.8 Å². The van der Waals surface area contributed by atoms with Crippen LogP contribution in [0, 0.1) is 17.7 Å². The normalized spacial score (nSPS) is 10.0. The number of benzene rings is 1. The van der Waals surface area contributed by atoms with Gasteiger partial charge in [0.1, 0.15) is 5.82 Å². The van der Waals surface area contributed by atoms with E-state index in [4.69, 9.17) is 16.7 Å². The molecule has 0 aromatic heterocycles. The van der Waals surface area contributed by atoms with Crippen LogP contribution in [0.25, 0.3) is 6.08 Å². The van der Waals surface area contributed by atoms with Crippen molar-refractivity contribution in [1.82, 2.24) is 0 Å². The molecule has 0 aliphatic rings. The lowest BCUT2D eigenvalue weighted by Gasteiger charge is -1.97. The highest BCUT2D eigenvalue weighted by Crippen LogP contribution is 2.11. The molecule has 1 rings (SSSR count). The fraction of sp³-hybridized carbons (Fsp3) is 0.154. The summed E-state index contributed by atoms with van der Waals surface area (Å²) in [5, 5.41) is 8.46. The van der Waals surface area contributed by atoms with E-state index in [0.717, 1.165) is 6.08 Å². The number of carbonyl (C=O) groups is 1. The first kappa shape index (κ1) is 13.3. The molecule has 0 unspecified atom stereocenters. The van der Waals surface area contributed by atoms with Crippen LogP contribution in [0.3, 0.4) is 0 Å². The van der Waals surface area contributed by atoms with Gasteiger partial charge >= 0.3 is 5.97 Å². The summed E-state index contributed by atoms with van der Waals surface area (Å²) in [6.45, 7) is 0. The maximum atomic E-state index is 13.3. The monoisotopic (exact) mass is 252 g/mol. The Morgan fingerprint density at radius 1 is 1.53 bits per heavy atom. The maximum Gasteiger partial charge on any atom is 0.328 e. The minimum absolute atomic E-state index is 0.199. The summed E-state index contributed by atoms with van der Waals surface area (Å²) in [5.74, 6) is 4.48. The molecular weight excluding hydrogens is 243 g/mol. The van der Waals surface area contributed by atoms with Crippen LogP contribution in [-0.4, -0.2) is 17.0 Å². The lowest BCUT2D eigenvalue weighted by molar-refractivity contribution is -0.131. The summed E-state index contributed by atoms with van der Waals surface area (Å²) in [6.07, 6.45) is 2.64. The van der Waals surface area contributed by atoms with Crippen molar-refractivity contribution in [3.63, 3.8) is 0 Å². The van der Waals surface area contributed by atoms with E-state index in [-0.39, 0.29) is 5.56 Å². The highest BCUT2D eigenvalue weighted by Gasteiger charge is 1.99. The van der Waals surface area contributed by atoms with Gasteiger partial charge in [-0.3, -0.25) is 0 Å². The van der Waals surface area contributed by atoms with E-state index in [1.165, 1.54) is 24.3 Å². The van der Waals surface area contributed by atoms with Crippen LogP contribution in [0.15, 0.2) is 24.3 Å². The summed E-state index contributed by atoms with van der Waals surface area (Å²) in [6, 6.07) is 4.29. The molecule has 0 bridgehead atoms. The van der Waals surface area contributed by atoms with Gasteiger partial charge in [-0.2, -0.15) is 0 Å². The third-order valence-electron chi connectivity index (χ3n) is 1.85. The summed E-state index contributed by atoms with van der Waals surface area (Å²) < 4.78 is 13.3. The third kappa shape index (κ3) is 4.71. The zero-order chi connectivity index (χ0) is 12.7. The Morgan fingerprint density at radius 2 is 2.29 bits per heavy atom. The highest BCUT2D eigenvalue weighted by atomic mass is 35.5. The number of alkyl halides is 1. The van der Waals surface area contributed by atoms with Gasteiger partial charge in [-0.25, -0.2) is 9.18 Å². The number of halogens is 2. The molecule has 0 saturated heterocycles. The fourth-order valence-corrected chi connectivity index (χ4v) is 1.22. The molecule has 0 aliphatic heterocycles. The average Bonchev–Trinajstić information content (AvgIpc) is 2.29. The van der Waals surface area contributed by atoms with E-state index >= 15 is 0 Å². The van der Waals surface area contributed by atoms with Crippen molar-refractivity contribution >= 4 is 23.6 Å². The molecule has 1 aromatic carbocycles. The zero-order valence-electron chi connectivity index (χ0n) is 8.91. The molecule has 0 amide bonds. The van der Waals surface area contributed by atoms with Crippen molar-refractivity contribution < 1.29 is 14.3 Å². The Labute approximate surface area is 104 Å². The van der Waals surface area contributed by atoms with Gasteiger partial charge in [0.25, 0.3) is 0 Å². The molecule has 4 heteroatoms. The quantitative estimate of drug-likeness (QED) is 0.510. The number of carboxylic acid groups (broad SMARTS) is 1. The predicted molar refractivity (Wildman–Crippen MR) is 65.3 cm³/mol. The van der Waals surface area contributed by atoms with Gasteiger partial charge in [0, 0.05) is 29.5 Å². The Kier molecular flexibility index (Phi) is 5.25. The van der Waals surface area contributed by atoms with Crippen molar-refractivity contribution in [2.75, 3.05) is 5.88 Å². The standard InChI is InChI=1S/C13H10ClFO2/c14-8-2-1-3-10-4-6-12(15)11(9-10)5-7-13(16)17/h4-7,9H,2,8H2,(H,16,17)/b7-5+. The van der Waals surface area contributed by atoms with Gasteiger partial charge in [-0.15, -0.1) is 11.6 Å². The SMILES string of the molecule is O=C(O)/C=C/c1cc(C#CCCCl)ccc1F. The van der Waals surface area contributed by atoms with E-state index in [2.05, 4.69) is 11.8 Å². The predicted octanol–water partition coefficient (Wildman–Crippen LogP) is 2.90. The third-order valence-corrected chi connectivity index (χ3v) is 2.04. The lowest BCUT2D eigenvalue weighted by Crippen LogP contribution is -1.88. The largest absolute Gasteiger partial charge is 0.478 e. The molecule has 0 heterocycles. The van der Waals surface area contributed by atoms with Crippen molar-refractivity contribution in [1.29, 1.82) is 0 Å². The molecule has 0 spiro atoms. The smallest absolute Gasteiger partial charge is 0.328 e. The van der Waals surface area contributed by atoms with Gasteiger partial charge in [0.05, 0.1) is 0 Å². The van der Waals surface area contributed by atoms with Crippen molar-refractivity contribution in [3.05, 3.63) is 41.2 Å². The van der Waals surface area contributed by atoms with E-state index in [1.807, 2.05) is 0 Å². The van der Waals surface area contributed by atoms with Crippen molar-refractivity contribution in [2.24, 2.45) is 0 Å². The molecular formula is C13H10ClFO2. The maximum absolute atomic E-state index is 13.3. The number of carboxylic acids is 1. The minimum Gasteiger partial charge on any atom is -0.478 e. The number of aliphatic carboxylic acids is 1. The molecule has 88 valence electrons. The summed E-state index contributed by atoms with van der Waals surface area (Å²) in [5.41, 5.74) is 0.826. The lowest BCUT2D eigenvalue weighted by atomic mass is 10.1. The number of hydrogen-bond acceptors (Lipinski definition) is 1. The summed E-state index contributed by atoms with van der Waals surface area (Å²) in [7, 11) is 0. The Hall–Kier alpha value is -1.79. The second-order valence-electron chi connectivity index (χ2n) is 3.15. The second-order valence-corrected chi connectivity index (χ2v) is 3.53. The molecule has 2 nitrogen and oxygen atoms in total. The Balaban J connectivity index is 2.95. The molecule has 1 N–H and O–H groups in total. The topological polar surface area (TPSA) is 37.3 Å². The molecule has 1 aromatic rings. The van der Waals surface area contributed by atoms with E-state index in [9.17, 15) is 9.18 Å². The first-order valence-corrected chi connectivity index (χ1v) is 5.42. The molecule has 0 atom stereocenters. The molecule has 17 heavy (non-hydrogen) atoms. The van der Waals surface area contributed by atoms with Crippen LogP contribution in [-0.2, 0) is 4.79 Å². The van der Waals surface area contributed by atoms with Gasteiger partial charge in [0.15, 0.2) is 0 Å². The van der Waals surface area contributed by atoms with E-state index in [0.29, 0.717) is 17.9 Å². The van der Waals surface area contributed by atoms with Crippen LogP contribution in [0.2, 0.25) is 0 Å². The summed E-state index contributed by atoms with van der Waals surface area (Å²) >= 11 is 5.47. The average molecular weight is 253 g/mol. The van der Waals surface area contributed by atoms with Crippen LogP contribution in [0.5, 0.6) is 0 Å².